The largest absolute Gasteiger partial charge is 0.487 e. The second-order valence-electron chi connectivity index (χ2n) is 8.75. The Kier molecular flexibility index (Phi) is 8.46. The molecule has 0 aliphatic carbocycles. The van der Waals surface area contributed by atoms with Crippen LogP contribution in [0.2, 0.25) is 0 Å². The quantitative estimate of drug-likeness (QED) is 0.644. The summed E-state index contributed by atoms with van der Waals surface area (Å²) in [5, 5.41) is 9.75. The van der Waals surface area contributed by atoms with E-state index in [0.717, 1.165) is 11.1 Å². The Morgan fingerprint density at radius 3 is 2.68 bits per heavy atom. The maximum Gasteiger partial charge on any atom is 0.247 e. The fraction of sp³-hybridized carbons (Fsp3) is 0.440. The van der Waals surface area contributed by atoms with E-state index in [9.17, 15) is 18.3 Å². The number of pyridine rings is 1. The number of nitrogens with zero attached hydrogens (tertiary/aromatic N) is 3. The third-order valence-corrected chi connectivity index (χ3v) is 8.05. The molecule has 8 nitrogen and oxygen atoms in total. The van der Waals surface area contributed by atoms with E-state index in [4.69, 9.17) is 4.74 Å². The molecule has 184 valence electrons. The summed E-state index contributed by atoms with van der Waals surface area (Å²) in [5.74, 6) is -0.0594. The Morgan fingerprint density at radius 2 is 2.03 bits per heavy atom. The number of likely N-dealkylation sites (N-methyl/N-ethyl adjacent to an activating group) is 1. The van der Waals surface area contributed by atoms with Gasteiger partial charge in [0.15, 0.2) is 0 Å². The number of carbonyl (C=O) groups is 1. The van der Waals surface area contributed by atoms with Crippen molar-refractivity contribution < 1.29 is 23.1 Å². The number of carbonyl (C=O) groups excluding carboxylic acids is 1. The van der Waals surface area contributed by atoms with Crippen LogP contribution in [-0.2, 0) is 21.2 Å². The van der Waals surface area contributed by atoms with Crippen molar-refractivity contribution in [2.24, 2.45) is 5.92 Å². The molecule has 0 radical (unpaired) electrons. The molecule has 9 heteroatoms. The molecule has 0 fully saturated rings. The maximum atomic E-state index is 13.5. The minimum absolute atomic E-state index is 0.0590. The molecule has 1 amide bonds. The minimum Gasteiger partial charge on any atom is -0.487 e. The van der Waals surface area contributed by atoms with Crippen LogP contribution >= 0.6 is 0 Å². The second-order valence-corrected chi connectivity index (χ2v) is 10.6. The standard InChI is InChI=1S/C25H33N3O5S/c1-5-6-20-7-8-24-22(13-20)33-23(18(2)15-28(19(3)17-29)34(24,31)32)16-27(4)25(30)14-21-9-11-26-12-10-21/h5-13,18-19,23,29H,14-17H2,1-4H3/b6-5+/t18-,19+,23-/m0/s1. The van der Waals surface area contributed by atoms with E-state index >= 15 is 0 Å². The summed E-state index contributed by atoms with van der Waals surface area (Å²) in [6, 6.07) is 7.99. The fourth-order valence-electron chi connectivity index (χ4n) is 3.94. The van der Waals surface area contributed by atoms with Gasteiger partial charge in [-0.25, -0.2) is 8.42 Å². The number of rotatable bonds is 7. The first kappa shape index (κ1) is 25.9. The van der Waals surface area contributed by atoms with Gasteiger partial charge < -0.3 is 14.7 Å². The lowest BCUT2D eigenvalue weighted by molar-refractivity contribution is -0.130. The van der Waals surface area contributed by atoms with Gasteiger partial charge in [0.25, 0.3) is 0 Å². The van der Waals surface area contributed by atoms with Crippen molar-refractivity contribution >= 4 is 22.0 Å². The summed E-state index contributed by atoms with van der Waals surface area (Å²) < 4.78 is 34.6. The van der Waals surface area contributed by atoms with Gasteiger partial charge in [-0.3, -0.25) is 9.78 Å². The van der Waals surface area contributed by atoms with Crippen LogP contribution in [0.15, 0.2) is 53.7 Å². The normalized spacial score (nSPS) is 21.2. The first-order chi connectivity index (χ1) is 16.2. The minimum atomic E-state index is -3.89. The van der Waals surface area contributed by atoms with Crippen molar-refractivity contribution in [3.05, 3.63) is 59.9 Å². The molecule has 3 atom stereocenters. The molecule has 1 aromatic heterocycles. The third-order valence-electron chi connectivity index (χ3n) is 6.03. The van der Waals surface area contributed by atoms with Crippen LogP contribution in [0.1, 0.15) is 31.9 Å². The first-order valence-electron chi connectivity index (χ1n) is 11.4. The van der Waals surface area contributed by atoms with Crippen LogP contribution in [0, 0.1) is 5.92 Å². The van der Waals surface area contributed by atoms with E-state index in [0.29, 0.717) is 6.54 Å². The van der Waals surface area contributed by atoms with Gasteiger partial charge in [-0.15, -0.1) is 0 Å². The molecule has 1 N–H and O–H groups in total. The average molecular weight is 488 g/mol. The molecule has 2 aromatic rings. The van der Waals surface area contributed by atoms with Crippen molar-refractivity contribution in [3.63, 3.8) is 0 Å². The highest BCUT2D eigenvalue weighted by molar-refractivity contribution is 7.89. The van der Waals surface area contributed by atoms with E-state index in [2.05, 4.69) is 4.98 Å². The average Bonchev–Trinajstić information content (AvgIpc) is 2.81. The number of aliphatic hydroxyl groups excluding tert-OH is 1. The van der Waals surface area contributed by atoms with Crippen molar-refractivity contribution in [1.29, 1.82) is 0 Å². The molecule has 3 rings (SSSR count). The Bertz CT molecular complexity index is 1120. The van der Waals surface area contributed by atoms with Gasteiger partial charge in [0, 0.05) is 37.9 Å². The van der Waals surface area contributed by atoms with Gasteiger partial charge >= 0.3 is 0 Å². The molecule has 1 aliphatic rings. The molecule has 1 aliphatic heterocycles. The number of aliphatic hydroxyl groups is 1. The van der Waals surface area contributed by atoms with Gasteiger partial charge in [-0.05, 0) is 49.2 Å². The van der Waals surface area contributed by atoms with Crippen LogP contribution in [0.5, 0.6) is 5.75 Å². The summed E-state index contributed by atoms with van der Waals surface area (Å²) in [4.78, 5) is 18.5. The Morgan fingerprint density at radius 1 is 1.32 bits per heavy atom. The lowest BCUT2D eigenvalue weighted by Gasteiger charge is -2.37. The van der Waals surface area contributed by atoms with Crippen molar-refractivity contribution in [2.75, 3.05) is 26.7 Å². The molecule has 0 bridgehead atoms. The zero-order valence-electron chi connectivity index (χ0n) is 20.1. The summed E-state index contributed by atoms with van der Waals surface area (Å²) >= 11 is 0. The lowest BCUT2D eigenvalue weighted by Crippen LogP contribution is -2.50. The number of hydrogen-bond donors (Lipinski definition) is 1. The number of fused-ring (bicyclic) bond motifs is 1. The SMILES string of the molecule is C/C=C/c1ccc2c(c1)O[C@@H](CN(C)C(=O)Cc1ccncc1)[C@@H](C)CN([C@H](C)CO)S2(=O)=O. The Hall–Kier alpha value is -2.75. The zero-order valence-corrected chi connectivity index (χ0v) is 20.9. The molecular formula is C25H33N3O5S. The number of hydrogen-bond acceptors (Lipinski definition) is 6. The van der Waals surface area contributed by atoms with Gasteiger partial charge in [-0.2, -0.15) is 4.31 Å². The molecule has 34 heavy (non-hydrogen) atoms. The predicted octanol–water partition coefficient (Wildman–Crippen LogP) is 2.58. The van der Waals surface area contributed by atoms with Gasteiger partial charge in [0.05, 0.1) is 19.6 Å². The highest BCUT2D eigenvalue weighted by atomic mass is 32.2. The number of sulfonamides is 1. The van der Waals surface area contributed by atoms with Gasteiger partial charge in [0.1, 0.15) is 16.7 Å². The van der Waals surface area contributed by atoms with Gasteiger partial charge in [0.2, 0.25) is 15.9 Å². The van der Waals surface area contributed by atoms with Crippen LogP contribution in [0.4, 0.5) is 0 Å². The number of ether oxygens (including phenoxy) is 1. The van der Waals surface area contributed by atoms with Gasteiger partial charge in [-0.1, -0.05) is 25.1 Å². The van der Waals surface area contributed by atoms with E-state index in [-0.39, 0.29) is 42.0 Å². The number of allylic oxidation sites excluding steroid dienone is 1. The molecular weight excluding hydrogens is 454 g/mol. The predicted molar refractivity (Wildman–Crippen MR) is 131 cm³/mol. The molecule has 0 saturated carbocycles. The van der Waals surface area contributed by atoms with Crippen LogP contribution in [0.25, 0.3) is 6.08 Å². The van der Waals surface area contributed by atoms with Crippen LogP contribution < -0.4 is 4.74 Å². The summed E-state index contributed by atoms with van der Waals surface area (Å²) in [6.07, 6.45) is 6.83. The lowest BCUT2D eigenvalue weighted by atomic mass is 10.0. The van der Waals surface area contributed by atoms with E-state index in [1.165, 1.54) is 4.31 Å². The van der Waals surface area contributed by atoms with E-state index in [1.807, 2.05) is 26.0 Å². The highest BCUT2D eigenvalue weighted by Gasteiger charge is 2.38. The molecule has 0 spiro atoms. The number of benzene rings is 1. The molecule has 0 unspecified atom stereocenters. The smallest absolute Gasteiger partial charge is 0.247 e. The molecule has 2 heterocycles. The topological polar surface area (TPSA) is 100 Å². The third kappa shape index (κ3) is 5.84. The molecule has 0 saturated heterocycles. The maximum absolute atomic E-state index is 13.5. The molecule has 1 aromatic carbocycles. The van der Waals surface area contributed by atoms with Crippen LogP contribution in [-0.4, -0.2) is 72.5 Å². The Labute approximate surface area is 201 Å². The zero-order chi connectivity index (χ0) is 24.9. The Balaban J connectivity index is 1.94. The van der Waals surface area contributed by atoms with Crippen molar-refractivity contribution in [1.82, 2.24) is 14.2 Å². The number of aromatic nitrogens is 1. The summed E-state index contributed by atoms with van der Waals surface area (Å²) in [6.45, 7) is 5.62. The fourth-order valence-corrected chi connectivity index (χ4v) is 5.76. The monoisotopic (exact) mass is 487 g/mol. The van der Waals surface area contributed by atoms with Crippen LogP contribution in [0.3, 0.4) is 0 Å². The van der Waals surface area contributed by atoms with E-state index < -0.39 is 22.2 Å². The first-order valence-corrected chi connectivity index (χ1v) is 12.8. The number of amides is 1. The van der Waals surface area contributed by atoms with Crippen molar-refractivity contribution in [3.8, 4) is 5.75 Å². The highest BCUT2D eigenvalue weighted by Crippen LogP contribution is 2.34. The summed E-state index contributed by atoms with van der Waals surface area (Å²) in [5.41, 5.74) is 1.68. The van der Waals surface area contributed by atoms with Crippen molar-refractivity contribution in [2.45, 2.75) is 44.2 Å². The van der Waals surface area contributed by atoms with E-state index in [1.54, 1.807) is 61.6 Å². The summed E-state index contributed by atoms with van der Waals surface area (Å²) in [7, 11) is -2.17. The second kappa shape index (κ2) is 11.1.